The van der Waals surface area contributed by atoms with E-state index in [9.17, 15) is 4.39 Å². The SMILES string of the molecule is CCCNC(c1cc(Br)c(F)cc1OC)C1C2CCCC21. The van der Waals surface area contributed by atoms with Crippen molar-refractivity contribution < 1.29 is 9.13 Å². The molecule has 0 bridgehead atoms. The minimum Gasteiger partial charge on any atom is -0.496 e. The van der Waals surface area contributed by atoms with E-state index in [0.717, 1.165) is 30.4 Å². The van der Waals surface area contributed by atoms with E-state index in [-0.39, 0.29) is 11.9 Å². The van der Waals surface area contributed by atoms with E-state index in [2.05, 4.69) is 28.2 Å². The number of methoxy groups -OCH3 is 1. The Hall–Kier alpha value is -0.610. The van der Waals surface area contributed by atoms with Crippen LogP contribution in [0.3, 0.4) is 0 Å². The molecule has 21 heavy (non-hydrogen) atoms. The molecule has 1 N–H and O–H groups in total. The van der Waals surface area contributed by atoms with Crippen LogP contribution in [0.1, 0.15) is 44.2 Å². The van der Waals surface area contributed by atoms with Gasteiger partial charge in [-0.3, -0.25) is 0 Å². The molecule has 1 aromatic carbocycles. The molecular weight excluding hydrogens is 333 g/mol. The maximum atomic E-state index is 13.8. The van der Waals surface area contributed by atoms with Gasteiger partial charge in [0, 0.05) is 17.7 Å². The topological polar surface area (TPSA) is 21.3 Å². The van der Waals surface area contributed by atoms with Crippen molar-refractivity contribution in [2.24, 2.45) is 17.8 Å². The van der Waals surface area contributed by atoms with Gasteiger partial charge >= 0.3 is 0 Å². The summed E-state index contributed by atoms with van der Waals surface area (Å²) in [4.78, 5) is 0. The summed E-state index contributed by atoms with van der Waals surface area (Å²) in [5, 5.41) is 3.67. The van der Waals surface area contributed by atoms with Crippen LogP contribution in [0.5, 0.6) is 5.75 Å². The van der Waals surface area contributed by atoms with Crippen molar-refractivity contribution in [3.05, 3.63) is 28.0 Å². The van der Waals surface area contributed by atoms with Crippen LogP contribution >= 0.6 is 15.9 Å². The van der Waals surface area contributed by atoms with Gasteiger partial charge in [0.25, 0.3) is 0 Å². The lowest BCUT2D eigenvalue weighted by Crippen LogP contribution is -2.26. The van der Waals surface area contributed by atoms with Crippen molar-refractivity contribution >= 4 is 15.9 Å². The zero-order chi connectivity index (χ0) is 15.0. The van der Waals surface area contributed by atoms with E-state index in [1.54, 1.807) is 7.11 Å². The fraction of sp³-hybridized carbons (Fsp3) is 0.647. The average molecular weight is 356 g/mol. The molecule has 0 saturated heterocycles. The Morgan fingerprint density at radius 1 is 1.38 bits per heavy atom. The monoisotopic (exact) mass is 355 g/mol. The Kier molecular flexibility index (Phi) is 4.55. The van der Waals surface area contributed by atoms with Crippen molar-refractivity contribution in [3.63, 3.8) is 0 Å². The van der Waals surface area contributed by atoms with Gasteiger partial charge in [-0.1, -0.05) is 13.3 Å². The highest BCUT2D eigenvalue weighted by Gasteiger charge is 2.56. The second-order valence-electron chi connectivity index (χ2n) is 6.28. The minimum atomic E-state index is -0.263. The summed E-state index contributed by atoms with van der Waals surface area (Å²) in [6.07, 6.45) is 5.18. The van der Waals surface area contributed by atoms with Gasteiger partial charge in [-0.25, -0.2) is 4.39 Å². The molecule has 1 aromatic rings. The first-order valence-corrected chi connectivity index (χ1v) is 8.73. The number of hydrogen-bond donors (Lipinski definition) is 1. The Bertz CT molecular complexity index is 512. The molecule has 0 heterocycles. The fourth-order valence-electron chi connectivity index (χ4n) is 4.09. The lowest BCUT2D eigenvalue weighted by molar-refractivity contribution is 0.372. The summed E-state index contributed by atoms with van der Waals surface area (Å²) in [5.74, 6) is 2.80. The third kappa shape index (κ3) is 2.85. The Labute approximate surface area is 134 Å². The summed E-state index contributed by atoms with van der Waals surface area (Å²) >= 11 is 3.32. The number of nitrogens with one attached hydrogen (secondary N) is 1. The molecule has 116 valence electrons. The second-order valence-corrected chi connectivity index (χ2v) is 7.13. The van der Waals surface area contributed by atoms with Gasteiger partial charge in [0.2, 0.25) is 0 Å². The Morgan fingerprint density at radius 2 is 2.10 bits per heavy atom. The highest BCUT2D eigenvalue weighted by atomic mass is 79.9. The van der Waals surface area contributed by atoms with Crippen molar-refractivity contribution in [2.75, 3.05) is 13.7 Å². The van der Waals surface area contributed by atoms with Gasteiger partial charge in [-0.05, 0) is 65.6 Å². The number of ether oxygens (including phenoxy) is 1. The quantitative estimate of drug-likeness (QED) is 0.799. The minimum absolute atomic E-state index is 0.263. The van der Waals surface area contributed by atoms with Gasteiger partial charge in [-0.15, -0.1) is 0 Å². The van der Waals surface area contributed by atoms with Gasteiger partial charge in [0.1, 0.15) is 11.6 Å². The number of fused-ring (bicyclic) bond motifs is 1. The van der Waals surface area contributed by atoms with Gasteiger partial charge < -0.3 is 10.1 Å². The molecule has 3 atom stereocenters. The van der Waals surface area contributed by atoms with E-state index in [1.807, 2.05) is 6.07 Å². The van der Waals surface area contributed by atoms with Gasteiger partial charge in [0.15, 0.2) is 0 Å². The van der Waals surface area contributed by atoms with Gasteiger partial charge in [0.05, 0.1) is 11.6 Å². The van der Waals surface area contributed by atoms with Crippen molar-refractivity contribution in [2.45, 2.75) is 38.6 Å². The van der Waals surface area contributed by atoms with Crippen LogP contribution < -0.4 is 10.1 Å². The predicted molar refractivity (Wildman–Crippen MR) is 86.0 cm³/mol. The number of hydrogen-bond acceptors (Lipinski definition) is 2. The molecule has 0 radical (unpaired) electrons. The summed E-state index contributed by atoms with van der Waals surface area (Å²) in [7, 11) is 1.62. The van der Waals surface area contributed by atoms with E-state index in [0.29, 0.717) is 16.1 Å². The normalized spacial score (nSPS) is 28.3. The van der Waals surface area contributed by atoms with Crippen molar-refractivity contribution in [3.8, 4) is 5.75 Å². The number of rotatable bonds is 6. The maximum Gasteiger partial charge on any atom is 0.141 e. The molecular formula is C17H23BrFNO. The Morgan fingerprint density at radius 3 is 2.71 bits per heavy atom. The van der Waals surface area contributed by atoms with E-state index < -0.39 is 0 Å². The van der Waals surface area contributed by atoms with Crippen LogP contribution in [0.4, 0.5) is 4.39 Å². The second kappa shape index (κ2) is 6.25. The molecule has 2 saturated carbocycles. The molecule has 4 heteroatoms. The summed E-state index contributed by atoms with van der Waals surface area (Å²) in [5.41, 5.74) is 1.10. The molecule has 0 aromatic heterocycles. The molecule has 2 aliphatic rings. The van der Waals surface area contributed by atoms with Gasteiger partial charge in [-0.2, -0.15) is 0 Å². The lowest BCUT2D eigenvalue weighted by Gasteiger charge is -2.23. The third-order valence-electron chi connectivity index (χ3n) is 5.08. The third-order valence-corrected chi connectivity index (χ3v) is 5.69. The van der Waals surface area contributed by atoms with Crippen LogP contribution in [0, 0.1) is 23.6 Å². The molecule has 0 amide bonds. The van der Waals surface area contributed by atoms with Crippen LogP contribution in [0.25, 0.3) is 0 Å². The summed E-state index contributed by atoms with van der Waals surface area (Å²) < 4.78 is 19.7. The van der Waals surface area contributed by atoms with E-state index in [1.165, 1.54) is 25.3 Å². The van der Waals surface area contributed by atoms with E-state index in [4.69, 9.17) is 4.74 Å². The predicted octanol–water partition coefficient (Wildman–Crippen LogP) is 4.68. The van der Waals surface area contributed by atoms with Crippen LogP contribution in [-0.2, 0) is 0 Å². The standard InChI is InChI=1S/C17H23BrFNO/c1-3-7-20-17(16-10-5-4-6-11(10)16)12-8-13(18)14(19)9-15(12)21-2/h8-11,16-17,20H,3-7H2,1-2H3. The zero-order valence-corrected chi connectivity index (χ0v) is 14.2. The zero-order valence-electron chi connectivity index (χ0n) is 12.7. The van der Waals surface area contributed by atoms with Crippen LogP contribution in [0.2, 0.25) is 0 Å². The fourth-order valence-corrected chi connectivity index (χ4v) is 4.45. The lowest BCUT2D eigenvalue weighted by atomic mass is 9.95. The van der Waals surface area contributed by atoms with Crippen molar-refractivity contribution in [1.82, 2.24) is 5.32 Å². The van der Waals surface area contributed by atoms with Crippen LogP contribution in [0.15, 0.2) is 16.6 Å². The van der Waals surface area contributed by atoms with E-state index >= 15 is 0 Å². The molecule has 2 aliphatic carbocycles. The highest BCUT2D eigenvalue weighted by molar-refractivity contribution is 9.10. The Balaban J connectivity index is 1.90. The smallest absolute Gasteiger partial charge is 0.141 e. The first kappa shape index (κ1) is 15.3. The summed E-state index contributed by atoms with van der Waals surface area (Å²) in [6.45, 7) is 3.16. The molecule has 0 aliphatic heterocycles. The van der Waals surface area contributed by atoms with Crippen molar-refractivity contribution in [1.29, 1.82) is 0 Å². The van der Waals surface area contributed by atoms with Crippen LogP contribution in [-0.4, -0.2) is 13.7 Å². The molecule has 3 rings (SSSR count). The number of benzene rings is 1. The first-order chi connectivity index (χ1) is 10.2. The molecule has 2 fully saturated rings. The first-order valence-electron chi connectivity index (χ1n) is 7.93. The molecule has 0 spiro atoms. The summed E-state index contributed by atoms with van der Waals surface area (Å²) in [6, 6.07) is 3.68. The average Bonchev–Trinajstić information content (AvgIpc) is 2.94. The largest absolute Gasteiger partial charge is 0.496 e. The molecule has 2 nitrogen and oxygen atoms in total. The molecule has 3 unspecified atom stereocenters. The maximum absolute atomic E-state index is 13.8. The number of halogens is 2. The highest BCUT2D eigenvalue weighted by Crippen LogP contribution is 2.62.